The minimum absolute atomic E-state index is 0.0234. The Morgan fingerprint density at radius 3 is 2.41 bits per heavy atom. The summed E-state index contributed by atoms with van der Waals surface area (Å²) in [5.74, 6) is -0.614. The molecule has 0 radical (unpaired) electrons. The number of esters is 1. The van der Waals surface area contributed by atoms with Crippen LogP contribution in [0.25, 0.3) is 0 Å². The molecule has 0 fully saturated rings. The second-order valence-corrected chi connectivity index (χ2v) is 8.07. The first kappa shape index (κ1) is 21.0. The second-order valence-electron chi connectivity index (χ2n) is 6.83. The Bertz CT molecular complexity index is 1040. The molecule has 0 N–H and O–H groups in total. The van der Waals surface area contributed by atoms with E-state index in [0.717, 1.165) is 16.7 Å². The molecule has 1 heterocycles. The van der Waals surface area contributed by atoms with Gasteiger partial charge in [0.15, 0.2) is 5.13 Å². The van der Waals surface area contributed by atoms with E-state index in [4.69, 9.17) is 16.3 Å². The fourth-order valence-corrected chi connectivity index (χ4v) is 4.22. The van der Waals surface area contributed by atoms with Gasteiger partial charge in [-0.05, 0) is 50.1 Å². The second kappa shape index (κ2) is 8.76. The molecule has 0 saturated heterocycles. The summed E-state index contributed by atoms with van der Waals surface area (Å²) >= 11 is 7.72. The lowest BCUT2D eigenvalue weighted by atomic mass is 10.1. The van der Waals surface area contributed by atoms with E-state index in [-0.39, 0.29) is 12.5 Å². The first-order valence-electron chi connectivity index (χ1n) is 9.02. The van der Waals surface area contributed by atoms with Gasteiger partial charge in [-0.3, -0.25) is 9.69 Å². The van der Waals surface area contributed by atoms with E-state index >= 15 is 0 Å². The van der Waals surface area contributed by atoms with Gasteiger partial charge < -0.3 is 4.74 Å². The average molecular weight is 429 g/mol. The maximum Gasteiger partial charge on any atom is 0.338 e. The number of aromatic nitrogens is 1. The molecular formula is C22H21ClN2O3S. The highest BCUT2D eigenvalue weighted by Crippen LogP contribution is 2.37. The van der Waals surface area contributed by atoms with Crippen molar-refractivity contribution in [2.45, 2.75) is 34.3 Å². The van der Waals surface area contributed by atoms with Gasteiger partial charge in [-0.1, -0.05) is 35.4 Å². The van der Waals surface area contributed by atoms with Crippen LogP contribution in [-0.4, -0.2) is 16.9 Å². The van der Waals surface area contributed by atoms with Gasteiger partial charge in [-0.2, -0.15) is 0 Å². The molecule has 2 aromatic carbocycles. The van der Waals surface area contributed by atoms with Gasteiger partial charge >= 0.3 is 5.97 Å². The van der Waals surface area contributed by atoms with Crippen LogP contribution in [0.4, 0.5) is 10.8 Å². The molecule has 150 valence electrons. The highest BCUT2D eigenvalue weighted by molar-refractivity contribution is 7.14. The number of anilines is 2. The topological polar surface area (TPSA) is 59.5 Å². The summed E-state index contributed by atoms with van der Waals surface area (Å²) in [7, 11) is 0. The van der Waals surface area contributed by atoms with E-state index < -0.39 is 5.97 Å². The minimum Gasteiger partial charge on any atom is -0.456 e. The van der Waals surface area contributed by atoms with Crippen molar-refractivity contribution in [2.24, 2.45) is 0 Å². The minimum atomic E-state index is -0.416. The smallest absolute Gasteiger partial charge is 0.338 e. The summed E-state index contributed by atoms with van der Waals surface area (Å²) in [5.41, 5.74) is 4.63. The molecule has 5 nitrogen and oxygen atoms in total. The first-order chi connectivity index (χ1) is 13.8. The van der Waals surface area contributed by atoms with Crippen LogP contribution in [0.5, 0.6) is 0 Å². The lowest BCUT2D eigenvalue weighted by molar-refractivity contribution is -0.115. The number of halogens is 1. The maximum absolute atomic E-state index is 12.4. The van der Waals surface area contributed by atoms with Crippen LogP contribution in [0.2, 0.25) is 5.02 Å². The molecule has 0 spiro atoms. The standard InChI is InChI=1S/C22H21ClN2O3S/c1-13-5-7-17(8-6-13)21(27)28-11-18-12-29-22(24-18)25(16(4)26)20-15(3)9-14(2)10-19(20)23/h5-10,12H,11H2,1-4H3. The zero-order valence-electron chi connectivity index (χ0n) is 16.7. The zero-order valence-corrected chi connectivity index (χ0v) is 18.2. The Morgan fingerprint density at radius 1 is 1.10 bits per heavy atom. The number of aryl methyl sites for hydroxylation is 3. The Labute approximate surface area is 178 Å². The zero-order chi connectivity index (χ0) is 21.1. The predicted molar refractivity (Wildman–Crippen MR) is 116 cm³/mol. The summed E-state index contributed by atoms with van der Waals surface area (Å²) in [6.45, 7) is 7.30. The van der Waals surface area contributed by atoms with Gasteiger partial charge in [0.05, 0.1) is 22.0 Å². The van der Waals surface area contributed by atoms with Crippen molar-refractivity contribution in [3.05, 3.63) is 74.7 Å². The number of carbonyl (C=O) groups is 2. The lowest BCUT2D eigenvalue weighted by Gasteiger charge is -2.22. The van der Waals surface area contributed by atoms with Crippen molar-refractivity contribution in [1.29, 1.82) is 0 Å². The molecule has 0 saturated carbocycles. The van der Waals surface area contributed by atoms with Gasteiger partial charge in [-0.25, -0.2) is 9.78 Å². The third kappa shape index (κ3) is 4.83. The average Bonchev–Trinajstić information content (AvgIpc) is 3.11. The van der Waals surface area contributed by atoms with E-state index in [1.807, 2.05) is 45.0 Å². The predicted octanol–water partition coefficient (Wildman–Crippen LogP) is 5.76. The molecule has 0 aliphatic heterocycles. The molecular weight excluding hydrogens is 408 g/mol. The highest BCUT2D eigenvalue weighted by atomic mass is 35.5. The number of thiazole rings is 1. The monoisotopic (exact) mass is 428 g/mol. The maximum atomic E-state index is 12.4. The first-order valence-corrected chi connectivity index (χ1v) is 10.3. The van der Waals surface area contributed by atoms with Crippen LogP contribution in [0, 0.1) is 20.8 Å². The molecule has 3 rings (SSSR count). The van der Waals surface area contributed by atoms with Crippen LogP contribution >= 0.6 is 22.9 Å². The SMILES string of the molecule is CC(=O)N(c1nc(COC(=O)c2ccc(C)cc2)cs1)c1c(C)cc(C)cc1Cl. The molecule has 0 atom stereocenters. The molecule has 1 amide bonds. The van der Waals surface area contributed by atoms with Crippen LogP contribution in [0.15, 0.2) is 41.8 Å². The van der Waals surface area contributed by atoms with Crippen molar-refractivity contribution >= 4 is 45.6 Å². The van der Waals surface area contributed by atoms with E-state index in [9.17, 15) is 9.59 Å². The van der Waals surface area contributed by atoms with Crippen molar-refractivity contribution in [2.75, 3.05) is 4.90 Å². The van der Waals surface area contributed by atoms with Crippen LogP contribution < -0.4 is 4.90 Å². The quantitative estimate of drug-likeness (QED) is 0.484. The molecule has 0 aliphatic rings. The summed E-state index contributed by atoms with van der Waals surface area (Å²) in [5, 5.41) is 2.73. The molecule has 1 aromatic heterocycles. The van der Waals surface area contributed by atoms with E-state index in [2.05, 4.69) is 4.98 Å². The lowest BCUT2D eigenvalue weighted by Crippen LogP contribution is -2.24. The van der Waals surface area contributed by atoms with Crippen molar-refractivity contribution in [3.63, 3.8) is 0 Å². The molecule has 0 aliphatic carbocycles. The number of hydrogen-bond donors (Lipinski definition) is 0. The molecule has 0 bridgehead atoms. The van der Waals surface area contributed by atoms with Crippen molar-refractivity contribution in [3.8, 4) is 0 Å². The van der Waals surface area contributed by atoms with E-state index in [0.29, 0.717) is 27.1 Å². The molecule has 3 aromatic rings. The molecule has 0 unspecified atom stereocenters. The summed E-state index contributed by atoms with van der Waals surface area (Å²) in [6.07, 6.45) is 0. The van der Waals surface area contributed by atoms with E-state index in [1.54, 1.807) is 17.5 Å². The van der Waals surface area contributed by atoms with Crippen LogP contribution in [-0.2, 0) is 16.1 Å². The normalized spacial score (nSPS) is 10.7. The number of nitrogens with zero attached hydrogens (tertiary/aromatic N) is 2. The molecule has 7 heteroatoms. The number of rotatable bonds is 5. The van der Waals surface area contributed by atoms with Crippen LogP contribution in [0.3, 0.4) is 0 Å². The third-order valence-electron chi connectivity index (χ3n) is 4.31. The van der Waals surface area contributed by atoms with Gasteiger partial charge in [0.1, 0.15) is 6.61 Å². The third-order valence-corrected chi connectivity index (χ3v) is 5.47. The highest BCUT2D eigenvalue weighted by Gasteiger charge is 2.23. The Hall–Kier alpha value is -2.70. The number of amides is 1. The van der Waals surface area contributed by atoms with E-state index in [1.165, 1.54) is 23.2 Å². The fraction of sp³-hybridized carbons (Fsp3) is 0.227. The van der Waals surface area contributed by atoms with Crippen molar-refractivity contribution in [1.82, 2.24) is 4.98 Å². The summed E-state index contributed by atoms with van der Waals surface area (Å²) < 4.78 is 5.35. The summed E-state index contributed by atoms with van der Waals surface area (Å²) in [4.78, 5) is 30.5. The fourth-order valence-electron chi connectivity index (χ4n) is 2.96. The van der Waals surface area contributed by atoms with Gasteiger partial charge in [0, 0.05) is 12.3 Å². The van der Waals surface area contributed by atoms with Gasteiger partial charge in [-0.15, -0.1) is 11.3 Å². The number of carbonyl (C=O) groups excluding carboxylic acids is 2. The Balaban J connectivity index is 1.79. The largest absolute Gasteiger partial charge is 0.456 e. The van der Waals surface area contributed by atoms with Gasteiger partial charge in [0.25, 0.3) is 0 Å². The number of hydrogen-bond acceptors (Lipinski definition) is 5. The van der Waals surface area contributed by atoms with Gasteiger partial charge in [0.2, 0.25) is 5.91 Å². The number of benzene rings is 2. The molecule has 29 heavy (non-hydrogen) atoms. The number of ether oxygens (including phenoxy) is 1. The van der Waals surface area contributed by atoms with Crippen molar-refractivity contribution < 1.29 is 14.3 Å². The summed E-state index contributed by atoms with van der Waals surface area (Å²) in [6, 6.07) is 11.0. The van der Waals surface area contributed by atoms with Crippen LogP contribution in [0.1, 0.15) is 39.7 Å². The Morgan fingerprint density at radius 2 is 1.79 bits per heavy atom. The Kier molecular flexibility index (Phi) is 6.35.